The first kappa shape index (κ1) is 11.5. The van der Waals surface area contributed by atoms with E-state index >= 15 is 0 Å². The molecule has 86 valence electrons. The first-order chi connectivity index (χ1) is 7.58. The van der Waals surface area contributed by atoms with Crippen LogP contribution in [0.5, 0.6) is 0 Å². The maximum absolute atomic E-state index is 10.8. The smallest absolute Gasteiger partial charge is 0.345 e. The molecule has 16 heavy (non-hydrogen) atoms. The topological polar surface area (TPSA) is 66.0 Å². The number of aromatic nitrogens is 2. The molecule has 0 radical (unpaired) electrons. The predicted molar refractivity (Wildman–Crippen MR) is 67.4 cm³/mol. The molecule has 0 aliphatic heterocycles. The van der Waals surface area contributed by atoms with Crippen LogP contribution in [0.25, 0.3) is 10.2 Å². The first-order valence-electron chi connectivity index (χ1n) is 4.89. The molecule has 2 N–H and O–H groups in total. The highest BCUT2D eigenvalue weighted by Gasteiger charge is 2.14. The number of fused-ring (bicyclic) bond motifs is 1. The number of aromatic carboxylic acids is 1. The van der Waals surface area contributed by atoms with Gasteiger partial charge in [0.2, 0.25) is 0 Å². The summed E-state index contributed by atoms with van der Waals surface area (Å²) in [5, 5.41) is 17.5. The summed E-state index contributed by atoms with van der Waals surface area (Å²) in [6, 6.07) is 1.70. The van der Waals surface area contributed by atoms with Gasteiger partial charge in [-0.3, -0.25) is 5.10 Å². The lowest BCUT2D eigenvalue weighted by molar-refractivity contribution is 0.0702. The number of H-pyrrole nitrogens is 1. The minimum atomic E-state index is -0.884. The van der Waals surface area contributed by atoms with Crippen molar-refractivity contribution >= 4 is 39.3 Å². The highest BCUT2D eigenvalue weighted by atomic mass is 32.2. The van der Waals surface area contributed by atoms with E-state index in [-0.39, 0.29) is 0 Å². The molecule has 0 atom stereocenters. The molecule has 0 bridgehead atoms. The average Bonchev–Trinajstić information content (AvgIpc) is 2.73. The first-order valence-corrected chi connectivity index (χ1v) is 6.76. The Balaban J connectivity index is 2.28. The third kappa shape index (κ3) is 2.22. The summed E-state index contributed by atoms with van der Waals surface area (Å²) in [6.45, 7) is 4.27. The largest absolute Gasteiger partial charge is 0.477 e. The minimum absolute atomic E-state index is 0.349. The molecule has 6 heteroatoms. The van der Waals surface area contributed by atoms with E-state index in [0.29, 0.717) is 10.1 Å². The third-order valence-corrected chi connectivity index (χ3v) is 4.24. The number of aromatic amines is 1. The summed E-state index contributed by atoms with van der Waals surface area (Å²) in [4.78, 5) is 11.9. The van der Waals surface area contributed by atoms with Crippen LogP contribution in [0.1, 0.15) is 29.2 Å². The Kier molecular flexibility index (Phi) is 3.20. The van der Waals surface area contributed by atoms with Crippen LogP contribution in [0.15, 0.2) is 6.07 Å². The minimum Gasteiger partial charge on any atom is -0.477 e. The number of carboxylic acid groups (broad SMARTS) is 1. The molecular weight excluding hydrogens is 244 g/mol. The fourth-order valence-corrected chi connectivity index (χ4v) is 2.90. The van der Waals surface area contributed by atoms with Crippen LogP contribution >= 0.6 is 23.1 Å². The molecule has 0 amide bonds. The molecule has 2 aromatic heterocycles. The second kappa shape index (κ2) is 4.47. The molecule has 0 aliphatic carbocycles. The van der Waals surface area contributed by atoms with Crippen LogP contribution < -0.4 is 0 Å². The second-order valence-electron chi connectivity index (χ2n) is 3.70. The van der Waals surface area contributed by atoms with Gasteiger partial charge in [0.25, 0.3) is 0 Å². The van der Waals surface area contributed by atoms with E-state index in [0.717, 1.165) is 21.7 Å². The fourth-order valence-electron chi connectivity index (χ4n) is 1.32. The molecule has 0 aromatic carbocycles. The Bertz CT molecular complexity index is 516. The predicted octanol–water partition coefficient (Wildman–Crippen LogP) is 2.96. The summed E-state index contributed by atoms with van der Waals surface area (Å²) in [5.74, 6) is -0.0466. The Morgan fingerprint density at radius 3 is 3.06 bits per heavy atom. The molecule has 0 saturated carbocycles. The maximum atomic E-state index is 10.8. The van der Waals surface area contributed by atoms with Crippen LogP contribution in [0.4, 0.5) is 0 Å². The molecule has 0 spiro atoms. The molecule has 0 saturated heterocycles. The summed E-state index contributed by atoms with van der Waals surface area (Å²) in [6.07, 6.45) is 0. The van der Waals surface area contributed by atoms with E-state index in [1.165, 1.54) is 11.3 Å². The van der Waals surface area contributed by atoms with E-state index in [1.807, 2.05) is 11.8 Å². The third-order valence-electron chi connectivity index (χ3n) is 2.10. The van der Waals surface area contributed by atoms with Crippen molar-refractivity contribution in [2.45, 2.75) is 24.9 Å². The lowest BCUT2D eigenvalue weighted by atomic mass is 10.3. The number of thiophene rings is 1. The second-order valence-corrected chi connectivity index (χ2v) is 6.29. The summed E-state index contributed by atoms with van der Waals surface area (Å²) < 4.78 is 0. The number of rotatable bonds is 4. The number of nitrogens with zero attached hydrogens (tertiary/aromatic N) is 1. The van der Waals surface area contributed by atoms with Crippen molar-refractivity contribution in [3.05, 3.63) is 16.6 Å². The number of hydrogen-bond acceptors (Lipinski definition) is 4. The molecule has 4 nitrogen and oxygen atoms in total. The van der Waals surface area contributed by atoms with Crippen LogP contribution in [-0.2, 0) is 5.75 Å². The van der Waals surface area contributed by atoms with E-state index < -0.39 is 5.97 Å². The molecule has 2 rings (SSSR count). The molecule has 0 unspecified atom stereocenters. The normalized spacial score (nSPS) is 11.4. The number of carbonyl (C=O) groups is 1. The highest BCUT2D eigenvalue weighted by Crippen LogP contribution is 2.29. The van der Waals surface area contributed by atoms with Gasteiger partial charge < -0.3 is 5.11 Å². The van der Waals surface area contributed by atoms with Gasteiger partial charge in [0, 0.05) is 11.1 Å². The van der Waals surface area contributed by atoms with E-state index in [9.17, 15) is 4.79 Å². The monoisotopic (exact) mass is 256 g/mol. The van der Waals surface area contributed by atoms with Crippen molar-refractivity contribution in [3.63, 3.8) is 0 Å². The number of thioether (sulfide) groups is 1. The number of hydrogen-bond donors (Lipinski definition) is 2. The van der Waals surface area contributed by atoms with Crippen molar-refractivity contribution in [2.24, 2.45) is 0 Å². The van der Waals surface area contributed by atoms with Gasteiger partial charge in [0.15, 0.2) is 0 Å². The standard InChI is InChI=1S/C10H12N2O2S2/c1-5(2)15-4-7-6-3-8(10(13)14)16-9(6)12-11-7/h3,5H,4H2,1-2H3,(H,11,12)(H,13,14). The molecule has 0 fully saturated rings. The summed E-state index contributed by atoms with van der Waals surface area (Å²) in [5.41, 5.74) is 1.01. The van der Waals surface area contributed by atoms with Crippen molar-refractivity contribution in [3.8, 4) is 0 Å². The zero-order valence-corrected chi connectivity index (χ0v) is 10.6. The van der Waals surface area contributed by atoms with Gasteiger partial charge in [-0.15, -0.1) is 11.3 Å². The quantitative estimate of drug-likeness (QED) is 0.882. The maximum Gasteiger partial charge on any atom is 0.345 e. The van der Waals surface area contributed by atoms with Gasteiger partial charge in [0.05, 0.1) is 5.69 Å². The van der Waals surface area contributed by atoms with Gasteiger partial charge in [0.1, 0.15) is 9.71 Å². The van der Waals surface area contributed by atoms with Gasteiger partial charge in [-0.25, -0.2) is 4.79 Å². The van der Waals surface area contributed by atoms with Gasteiger partial charge in [-0.1, -0.05) is 13.8 Å². The zero-order chi connectivity index (χ0) is 11.7. The van der Waals surface area contributed by atoms with Gasteiger partial charge >= 0.3 is 5.97 Å². The van der Waals surface area contributed by atoms with Crippen LogP contribution in [0.2, 0.25) is 0 Å². The Morgan fingerprint density at radius 1 is 1.69 bits per heavy atom. The van der Waals surface area contributed by atoms with E-state index in [2.05, 4.69) is 24.0 Å². The van der Waals surface area contributed by atoms with Gasteiger partial charge in [-0.05, 0) is 11.3 Å². The average molecular weight is 256 g/mol. The van der Waals surface area contributed by atoms with Crippen LogP contribution in [-0.4, -0.2) is 26.5 Å². The SMILES string of the molecule is CC(C)SCc1[nH]nc2sc(C(=O)O)cc12. The van der Waals surface area contributed by atoms with E-state index in [1.54, 1.807) is 6.07 Å². The lowest BCUT2D eigenvalue weighted by Gasteiger charge is -2.01. The Morgan fingerprint density at radius 2 is 2.44 bits per heavy atom. The molecule has 2 heterocycles. The lowest BCUT2D eigenvalue weighted by Crippen LogP contribution is -1.91. The Hall–Kier alpha value is -1.01. The molecule has 0 aliphatic rings. The highest BCUT2D eigenvalue weighted by molar-refractivity contribution is 7.99. The zero-order valence-electron chi connectivity index (χ0n) is 8.98. The van der Waals surface area contributed by atoms with Crippen LogP contribution in [0.3, 0.4) is 0 Å². The van der Waals surface area contributed by atoms with Crippen molar-refractivity contribution in [2.75, 3.05) is 0 Å². The van der Waals surface area contributed by atoms with Crippen LogP contribution in [0, 0.1) is 0 Å². The molecular formula is C10H12N2O2S2. The fraction of sp³-hybridized carbons (Fsp3) is 0.400. The van der Waals surface area contributed by atoms with Crippen molar-refractivity contribution in [1.82, 2.24) is 10.2 Å². The molecule has 2 aromatic rings. The van der Waals surface area contributed by atoms with E-state index in [4.69, 9.17) is 5.11 Å². The number of nitrogens with one attached hydrogen (secondary N) is 1. The van der Waals surface area contributed by atoms with Crippen molar-refractivity contribution < 1.29 is 9.90 Å². The van der Waals surface area contributed by atoms with Gasteiger partial charge in [-0.2, -0.15) is 16.9 Å². The van der Waals surface area contributed by atoms with Crippen molar-refractivity contribution in [1.29, 1.82) is 0 Å². The number of carboxylic acids is 1. The summed E-state index contributed by atoms with van der Waals surface area (Å²) in [7, 11) is 0. The Labute approximate surface area is 101 Å². The summed E-state index contributed by atoms with van der Waals surface area (Å²) >= 11 is 3.02.